The minimum absolute atomic E-state index is 0.0327. The number of hydrogen-bond acceptors (Lipinski definition) is 6. The summed E-state index contributed by atoms with van der Waals surface area (Å²) < 4.78 is 52.1. The number of anilines is 2. The van der Waals surface area contributed by atoms with E-state index in [0.29, 0.717) is 22.1 Å². The number of hydrogen-bond donors (Lipinski definition) is 1. The average molecular weight is 472 g/mol. The molecule has 2 aliphatic heterocycles. The van der Waals surface area contributed by atoms with Crippen LogP contribution in [-0.4, -0.2) is 42.9 Å². The van der Waals surface area contributed by atoms with E-state index in [1.165, 1.54) is 17.2 Å². The number of halogens is 3. The van der Waals surface area contributed by atoms with Crippen LogP contribution < -0.4 is 14.9 Å². The Kier molecular flexibility index (Phi) is 5.18. The summed E-state index contributed by atoms with van der Waals surface area (Å²) in [5, 5.41) is 5.07. The molecular formula is C19H20ClF2N5O3S. The van der Waals surface area contributed by atoms with Crippen LogP contribution in [0.5, 0.6) is 0 Å². The van der Waals surface area contributed by atoms with E-state index < -0.39 is 45.9 Å². The Bertz CT molecular complexity index is 1190. The number of amides is 1. The number of primary sulfonamides is 1. The van der Waals surface area contributed by atoms with Crippen molar-refractivity contribution in [3.63, 3.8) is 0 Å². The van der Waals surface area contributed by atoms with Crippen molar-refractivity contribution in [2.24, 2.45) is 5.14 Å². The topological polar surface area (TPSA) is 109 Å². The summed E-state index contributed by atoms with van der Waals surface area (Å²) in [6, 6.07) is 2.61. The molecule has 1 amide bonds. The van der Waals surface area contributed by atoms with Crippen molar-refractivity contribution in [3.8, 4) is 0 Å². The number of sulfonamides is 1. The van der Waals surface area contributed by atoms with E-state index in [-0.39, 0.29) is 24.2 Å². The van der Waals surface area contributed by atoms with Gasteiger partial charge in [0.15, 0.2) is 5.03 Å². The fraction of sp³-hybridized carbons (Fsp3) is 0.421. The maximum Gasteiger partial charge on any atom is 0.264 e. The van der Waals surface area contributed by atoms with Gasteiger partial charge < -0.3 is 4.90 Å². The van der Waals surface area contributed by atoms with Gasteiger partial charge in [-0.3, -0.25) is 9.69 Å². The van der Waals surface area contributed by atoms with E-state index in [2.05, 4.69) is 9.97 Å². The molecule has 31 heavy (non-hydrogen) atoms. The molecule has 0 radical (unpaired) electrons. The van der Waals surface area contributed by atoms with Gasteiger partial charge in [0.05, 0.1) is 22.0 Å². The van der Waals surface area contributed by atoms with Crippen LogP contribution in [0.2, 0.25) is 5.02 Å². The molecule has 12 heteroatoms. The van der Waals surface area contributed by atoms with Crippen LogP contribution in [0, 0.1) is 13.8 Å². The Balaban J connectivity index is 1.94. The first-order chi connectivity index (χ1) is 14.4. The lowest BCUT2D eigenvalue weighted by molar-refractivity contribution is -0.0110. The fourth-order valence-corrected chi connectivity index (χ4v) is 4.73. The highest BCUT2D eigenvalue weighted by molar-refractivity contribution is 7.89. The molecule has 1 fully saturated rings. The monoisotopic (exact) mass is 471 g/mol. The highest BCUT2D eigenvalue weighted by Crippen LogP contribution is 2.42. The van der Waals surface area contributed by atoms with Gasteiger partial charge in [-0.2, -0.15) is 0 Å². The van der Waals surface area contributed by atoms with Gasteiger partial charge >= 0.3 is 0 Å². The van der Waals surface area contributed by atoms with Crippen LogP contribution in [0.3, 0.4) is 0 Å². The van der Waals surface area contributed by atoms with Gasteiger partial charge in [-0.05, 0) is 31.9 Å². The molecule has 1 atom stereocenters. The second-order valence-electron chi connectivity index (χ2n) is 7.73. The predicted octanol–water partition coefficient (Wildman–Crippen LogP) is 3.01. The molecule has 8 nitrogen and oxygen atoms in total. The molecule has 2 aromatic rings. The van der Waals surface area contributed by atoms with E-state index in [1.54, 1.807) is 18.7 Å². The molecule has 1 unspecified atom stereocenters. The van der Waals surface area contributed by atoms with Gasteiger partial charge in [-0.15, -0.1) is 0 Å². The maximum absolute atomic E-state index is 14.3. The predicted molar refractivity (Wildman–Crippen MR) is 111 cm³/mol. The number of alkyl halides is 2. The van der Waals surface area contributed by atoms with Gasteiger partial charge in [0.1, 0.15) is 12.0 Å². The van der Waals surface area contributed by atoms with Gasteiger partial charge in [-0.1, -0.05) is 11.6 Å². The fourth-order valence-electron chi connectivity index (χ4n) is 4.10. The number of pyridine rings is 2. The number of rotatable bonds is 2. The summed E-state index contributed by atoms with van der Waals surface area (Å²) in [7, 11) is -4.13. The summed E-state index contributed by atoms with van der Waals surface area (Å²) in [4.78, 5) is 24.8. The quantitative estimate of drug-likeness (QED) is 0.721. The lowest BCUT2D eigenvalue weighted by atomic mass is 10.0. The third kappa shape index (κ3) is 3.74. The van der Waals surface area contributed by atoms with Crippen LogP contribution in [0.15, 0.2) is 23.4 Å². The normalized spacial score (nSPS) is 20.8. The smallest absolute Gasteiger partial charge is 0.264 e. The molecule has 0 aromatic carbocycles. The first kappa shape index (κ1) is 21.8. The third-order valence-corrected chi connectivity index (χ3v) is 7.02. The molecule has 0 saturated carbocycles. The van der Waals surface area contributed by atoms with Gasteiger partial charge in [-0.25, -0.2) is 32.3 Å². The zero-order valence-electron chi connectivity index (χ0n) is 16.8. The van der Waals surface area contributed by atoms with Crippen molar-refractivity contribution in [3.05, 3.63) is 40.2 Å². The van der Waals surface area contributed by atoms with Crippen molar-refractivity contribution >= 4 is 39.0 Å². The highest BCUT2D eigenvalue weighted by atomic mass is 35.5. The Labute approximate surface area is 183 Å². The number of aromatic nitrogens is 2. The largest absolute Gasteiger partial charge is 0.335 e. The van der Waals surface area contributed by atoms with Gasteiger partial charge in [0.2, 0.25) is 5.92 Å². The molecule has 1 saturated heterocycles. The summed E-state index contributed by atoms with van der Waals surface area (Å²) in [5.74, 6) is -3.09. The van der Waals surface area contributed by atoms with Crippen molar-refractivity contribution in [2.75, 3.05) is 16.3 Å². The number of nitrogens with two attached hydrogens (primary N) is 1. The summed E-state index contributed by atoms with van der Waals surface area (Å²) >= 11 is 6.33. The first-order valence-electron chi connectivity index (χ1n) is 9.54. The van der Waals surface area contributed by atoms with Crippen molar-refractivity contribution in [2.45, 2.75) is 50.2 Å². The maximum atomic E-state index is 14.3. The van der Waals surface area contributed by atoms with Crippen molar-refractivity contribution in [1.82, 2.24) is 9.97 Å². The SMILES string of the molecule is Cc1nc2c(c(C)c1Cl)C(=O)N(c1ccnc(S(N)(=O)=O)c1)C1CCC(F)(F)CCN21. The van der Waals surface area contributed by atoms with E-state index in [9.17, 15) is 22.0 Å². The Morgan fingerprint density at radius 3 is 2.68 bits per heavy atom. The Hall–Kier alpha value is -2.37. The second kappa shape index (κ2) is 7.35. The minimum Gasteiger partial charge on any atom is -0.335 e. The molecule has 0 bridgehead atoms. The second-order valence-corrected chi connectivity index (χ2v) is 9.61. The highest BCUT2D eigenvalue weighted by Gasteiger charge is 2.46. The number of fused-ring (bicyclic) bond motifs is 3. The van der Waals surface area contributed by atoms with Crippen LogP contribution in [0.1, 0.15) is 40.9 Å². The van der Waals surface area contributed by atoms with Gasteiger partial charge in [0, 0.05) is 31.6 Å². The standard InChI is InChI=1S/C19H20ClF2N5O3S/c1-10-15-17(25-11(2)16(10)20)26-8-6-19(21,22)5-3-14(26)27(18(15)28)12-4-7-24-13(9-12)31(23,29)30/h4,7,9,14H,3,5-6,8H2,1-2H3,(H2,23,29,30). The Morgan fingerprint density at radius 2 is 2.00 bits per heavy atom. The number of nitrogens with zero attached hydrogens (tertiary/aromatic N) is 4. The molecule has 4 rings (SSSR count). The van der Waals surface area contributed by atoms with E-state index in [1.807, 2.05) is 0 Å². The molecular weight excluding hydrogens is 452 g/mol. The van der Waals surface area contributed by atoms with Crippen molar-refractivity contribution < 1.29 is 22.0 Å². The summed E-state index contributed by atoms with van der Waals surface area (Å²) in [6.45, 7) is 3.32. The molecule has 0 aliphatic carbocycles. The zero-order chi connectivity index (χ0) is 22.7. The number of aryl methyl sites for hydroxylation is 1. The number of carbonyl (C=O) groups excluding carboxylic acids is 1. The van der Waals surface area contributed by atoms with E-state index in [0.717, 1.165) is 6.07 Å². The molecule has 2 N–H and O–H groups in total. The third-order valence-electron chi connectivity index (χ3n) is 5.66. The molecule has 2 aromatic heterocycles. The summed E-state index contributed by atoms with van der Waals surface area (Å²) in [5.41, 5.74) is 1.36. The lowest BCUT2D eigenvalue weighted by Gasteiger charge is -2.44. The van der Waals surface area contributed by atoms with Crippen LogP contribution >= 0.6 is 11.6 Å². The zero-order valence-corrected chi connectivity index (χ0v) is 18.3. The molecule has 166 valence electrons. The van der Waals surface area contributed by atoms with E-state index >= 15 is 0 Å². The van der Waals surface area contributed by atoms with Crippen LogP contribution in [0.4, 0.5) is 20.3 Å². The molecule has 0 spiro atoms. The van der Waals surface area contributed by atoms with Crippen LogP contribution in [0.25, 0.3) is 0 Å². The average Bonchev–Trinajstić information content (AvgIpc) is 2.84. The van der Waals surface area contributed by atoms with Crippen molar-refractivity contribution in [1.29, 1.82) is 0 Å². The molecule has 4 heterocycles. The van der Waals surface area contributed by atoms with Gasteiger partial charge in [0.25, 0.3) is 15.9 Å². The number of carbonyl (C=O) groups is 1. The first-order valence-corrected chi connectivity index (χ1v) is 11.5. The molecule has 2 aliphatic rings. The lowest BCUT2D eigenvalue weighted by Crippen LogP contribution is -2.56. The Morgan fingerprint density at radius 1 is 1.29 bits per heavy atom. The summed E-state index contributed by atoms with van der Waals surface area (Å²) in [6.07, 6.45) is -0.427. The minimum atomic E-state index is -4.13. The van der Waals surface area contributed by atoms with Crippen LogP contribution in [-0.2, 0) is 10.0 Å². The van der Waals surface area contributed by atoms with E-state index in [4.69, 9.17) is 16.7 Å².